The van der Waals surface area contributed by atoms with E-state index in [2.05, 4.69) is 6.92 Å². The molecule has 3 heteroatoms. The van der Waals surface area contributed by atoms with Crippen LogP contribution < -0.4 is 10.5 Å². The molecule has 2 unspecified atom stereocenters. The van der Waals surface area contributed by atoms with Crippen LogP contribution in [0.2, 0.25) is 0 Å². The number of rotatable bonds is 3. The maximum atomic E-state index is 13.3. The fourth-order valence-corrected chi connectivity index (χ4v) is 2.49. The summed E-state index contributed by atoms with van der Waals surface area (Å²) in [6.45, 7) is 2.22. The molecule has 1 fully saturated rings. The van der Waals surface area contributed by atoms with Crippen molar-refractivity contribution in [3.8, 4) is 5.75 Å². The van der Waals surface area contributed by atoms with E-state index in [0.717, 1.165) is 18.8 Å². The molecule has 0 amide bonds. The molecule has 0 spiro atoms. The number of hydrogen-bond donors (Lipinski definition) is 1. The van der Waals surface area contributed by atoms with Gasteiger partial charge in [-0.25, -0.2) is 4.39 Å². The van der Waals surface area contributed by atoms with Gasteiger partial charge in [-0.3, -0.25) is 0 Å². The Balaban J connectivity index is 1.97. The largest absolute Gasteiger partial charge is 0.490 e. The maximum absolute atomic E-state index is 13.3. The minimum Gasteiger partial charge on any atom is -0.490 e. The summed E-state index contributed by atoms with van der Waals surface area (Å²) in [5.41, 5.74) is 5.61. The molecule has 0 bridgehead atoms. The molecule has 2 rings (SSSR count). The van der Waals surface area contributed by atoms with Gasteiger partial charge in [0.05, 0.1) is 11.8 Å². The fourth-order valence-electron chi connectivity index (χ4n) is 2.49. The van der Waals surface area contributed by atoms with E-state index in [1.165, 1.54) is 25.3 Å². The van der Waals surface area contributed by atoms with Gasteiger partial charge in [0.1, 0.15) is 11.6 Å². The minimum absolute atomic E-state index is 0.174. The van der Waals surface area contributed by atoms with Crippen LogP contribution in [-0.4, -0.2) is 6.10 Å². The first-order valence-electron chi connectivity index (χ1n) is 6.40. The van der Waals surface area contributed by atoms with Gasteiger partial charge in [0.2, 0.25) is 0 Å². The standard InChI is InChI=1S/C14H20FNO/c1-2-10-4-3-5-11(8-10)17-12-6-7-14(16)13(15)9-12/h6-7,9-11H,2-5,8,16H2,1H3. The van der Waals surface area contributed by atoms with Crippen molar-refractivity contribution in [2.24, 2.45) is 5.92 Å². The van der Waals surface area contributed by atoms with Crippen molar-refractivity contribution in [3.63, 3.8) is 0 Å². The molecule has 2 N–H and O–H groups in total. The zero-order chi connectivity index (χ0) is 12.3. The van der Waals surface area contributed by atoms with Crippen molar-refractivity contribution in [2.75, 3.05) is 5.73 Å². The van der Waals surface area contributed by atoms with Crippen molar-refractivity contribution < 1.29 is 9.13 Å². The lowest BCUT2D eigenvalue weighted by Crippen LogP contribution is -2.25. The lowest BCUT2D eigenvalue weighted by atomic mass is 9.85. The zero-order valence-electron chi connectivity index (χ0n) is 10.3. The molecular weight excluding hydrogens is 217 g/mol. The molecule has 1 saturated carbocycles. The third-order valence-corrected chi connectivity index (χ3v) is 3.59. The second-order valence-corrected chi connectivity index (χ2v) is 4.86. The molecule has 94 valence electrons. The molecule has 1 aliphatic rings. The third kappa shape index (κ3) is 3.11. The summed E-state index contributed by atoms with van der Waals surface area (Å²) in [7, 11) is 0. The molecule has 2 atom stereocenters. The normalized spacial score (nSPS) is 24.6. The van der Waals surface area contributed by atoms with Gasteiger partial charge in [0.25, 0.3) is 0 Å². The Kier molecular flexibility index (Phi) is 3.87. The monoisotopic (exact) mass is 237 g/mol. The van der Waals surface area contributed by atoms with Crippen LogP contribution in [0.25, 0.3) is 0 Å². The average Bonchev–Trinajstić information content (AvgIpc) is 2.34. The molecule has 0 radical (unpaired) electrons. The second kappa shape index (κ2) is 5.39. The van der Waals surface area contributed by atoms with E-state index in [4.69, 9.17) is 10.5 Å². The molecule has 1 aromatic rings. The van der Waals surface area contributed by atoms with Crippen LogP contribution >= 0.6 is 0 Å². The van der Waals surface area contributed by atoms with Gasteiger partial charge in [-0.1, -0.05) is 19.8 Å². The predicted octanol–water partition coefficient (Wildman–Crippen LogP) is 3.76. The van der Waals surface area contributed by atoms with E-state index in [1.807, 2.05) is 0 Å². The maximum Gasteiger partial charge on any atom is 0.149 e. The Morgan fingerprint density at radius 2 is 2.24 bits per heavy atom. The number of nitrogen functional groups attached to an aromatic ring is 1. The van der Waals surface area contributed by atoms with Crippen LogP contribution in [0.3, 0.4) is 0 Å². The quantitative estimate of drug-likeness (QED) is 0.812. The van der Waals surface area contributed by atoms with Crippen LogP contribution in [0.15, 0.2) is 18.2 Å². The Labute approximate surface area is 102 Å². The fraction of sp³-hybridized carbons (Fsp3) is 0.571. The van der Waals surface area contributed by atoms with Crippen molar-refractivity contribution >= 4 is 5.69 Å². The van der Waals surface area contributed by atoms with Crippen LogP contribution in [0, 0.1) is 11.7 Å². The van der Waals surface area contributed by atoms with Crippen molar-refractivity contribution in [1.29, 1.82) is 0 Å². The molecule has 1 aromatic carbocycles. The predicted molar refractivity (Wildman–Crippen MR) is 67.5 cm³/mol. The van der Waals surface area contributed by atoms with Gasteiger partial charge in [0.15, 0.2) is 0 Å². The first-order valence-corrected chi connectivity index (χ1v) is 6.40. The van der Waals surface area contributed by atoms with Crippen LogP contribution in [0.5, 0.6) is 5.75 Å². The molecule has 1 aliphatic carbocycles. The Morgan fingerprint density at radius 3 is 2.94 bits per heavy atom. The number of ether oxygens (including phenoxy) is 1. The van der Waals surface area contributed by atoms with E-state index in [9.17, 15) is 4.39 Å². The Hall–Kier alpha value is -1.25. The lowest BCUT2D eigenvalue weighted by Gasteiger charge is -2.29. The van der Waals surface area contributed by atoms with Crippen molar-refractivity contribution in [3.05, 3.63) is 24.0 Å². The van der Waals surface area contributed by atoms with Gasteiger partial charge < -0.3 is 10.5 Å². The van der Waals surface area contributed by atoms with Crippen molar-refractivity contribution in [2.45, 2.75) is 45.1 Å². The topological polar surface area (TPSA) is 35.2 Å². The average molecular weight is 237 g/mol. The number of nitrogens with two attached hydrogens (primary N) is 1. The van der Waals surface area contributed by atoms with E-state index >= 15 is 0 Å². The van der Waals surface area contributed by atoms with Crippen LogP contribution in [0.4, 0.5) is 10.1 Å². The molecule has 17 heavy (non-hydrogen) atoms. The number of hydrogen-bond acceptors (Lipinski definition) is 2. The molecule has 0 heterocycles. The molecular formula is C14H20FNO. The van der Waals surface area contributed by atoms with Crippen molar-refractivity contribution in [1.82, 2.24) is 0 Å². The summed E-state index contributed by atoms with van der Waals surface area (Å²) in [4.78, 5) is 0. The smallest absolute Gasteiger partial charge is 0.149 e. The first-order chi connectivity index (χ1) is 8.19. The summed E-state index contributed by atoms with van der Waals surface area (Å²) in [6.07, 6.45) is 6.10. The van der Waals surface area contributed by atoms with Gasteiger partial charge in [-0.05, 0) is 37.3 Å². The number of anilines is 1. The highest BCUT2D eigenvalue weighted by molar-refractivity contribution is 5.43. The van der Waals surface area contributed by atoms with Gasteiger partial charge in [-0.15, -0.1) is 0 Å². The highest BCUT2D eigenvalue weighted by Crippen LogP contribution is 2.30. The van der Waals surface area contributed by atoms with E-state index < -0.39 is 5.82 Å². The number of halogens is 1. The zero-order valence-corrected chi connectivity index (χ0v) is 10.3. The summed E-state index contributed by atoms with van der Waals surface area (Å²) in [6, 6.07) is 4.68. The molecule has 2 nitrogen and oxygen atoms in total. The lowest BCUT2D eigenvalue weighted by molar-refractivity contribution is 0.121. The van der Waals surface area contributed by atoms with E-state index in [0.29, 0.717) is 5.75 Å². The SMILES string of the molecule is CCC1CCCC(Oc2ccc(N)c(F)c2)C1. The molecule has 0 aromatic heterocycles. The van der Waals surface area contributed by atoms with Gasteiger partial charge in [0, 0.05) is 6.07 Å². The first kappa shape index (κ1) is 12.2. The number of benzene rings is 1. The highest BCUT2D eigenvalue weighted by atomic mass is 19.1. The summed E-state index contributed by atoms with van der Waals surface area (Å²) in [5, 5.41) is 0. The Bertz CT molecular complexity index is 380. The van der Waals surface area contributed by atoms with Gasteiger partial charge >= 0.3 is 0 Å². The van der Waals surface area contributed by atoms with Crippen LogP contribution in [-0.2, 0) is 0 Å². The van der Waals surface area contributed by atoms with Gasteiger partial charge in [-0.2, -0.15) is 0 Å². The minimum atomic E-state index is -0.398. The van der Waals surface area contributed by atoms with Crippen LogP contribution in [0.1, 0.15) is 39.0 Å². The van der Waals surface area contributed by atoms with E-state index in [1.54, 1.807) is 12.1 Å². The molecule has 0 saturated heterocycles. The summed E-state index contributed by atoms with van der Waals surface area (Å²) in [5.74, 6) is 0.955. The summed E-state index contributed by atoms with van der Waals surface area (Å²) < 4.78 is 19.1. The van der Waals surface area contributed by atoms with E-state index in [-0.39, 0.29) is 11.8 Å². The third-order valence-electron chi connectivity index (χ3n) is 3.59. The highest BCUT2D eigenvalue weighted by Gasteiger charge is 2.22. The molecule has 0 aliphatic heterocycles. The Morgan fingerprint density at radius 1 is 1.41 bits per heavy atom. The summed E-state index contributed by atoms with van der Waals surface area (Å²) >= 11 is 0. The second-order valence-electron chi connectivity index (χ2n) is 4.86.